The standard InChI is InChI=1S/C12H19F3O/c1-10(2)5-4-6-11(3)7-8-16-9-12(13,14)15/h5,7H,4,6,8-9H2,1-3H3/b11-7+. The normalized spacial score (nSPS) is 12.8. The summed E-state index contributed by atoms with van der Waals surface area (Å²) in [7, 11) is 0. The predicted octanol–water partition coefficient (Wildman–Crippen LogP) is 4.26. The average molecular weight is 236 g/mol. The van der Waals surface area contributed by atoms with Crippen LogP contribution in [-0.4, -0.2) is 19.4 Å². The third kappa shape index (κ3) is 11.3. The van der Waals surface area contributed by atoms with E-state index in [0.29, 0.717) is 0 Å². The van der Waals surface area contributed by atoms with Crippen molar-refractivity contribution in [2.24, 2.45) is 0 Å². The second-order valence-electron chi connectivity index (χ2n) is 4.00. The molecule has 0 fully saturated rings. The van der Waals surface area contributed by atoms with Crippen LogP contribution in [0.2, 0.25) is 0 Å². The van der Waals surface area contributed by atoms with Crippen LogP contribution < -0.4 is 0 Å². The van der Waals surface area contributed by atoms with Gasteiger partial charge >= 0.3 is 6.18 Å². The van der Waals surface area contributed by atoms with E-state index in [1.165, 1.54) is 5.57 Å². The van der Waals surface area contributed by atoms with Gasteiger partial charge in [0.1, 0.15) is 6.61 Å². The Kier molecular flexibility index (Phi) is 7.13. The maximum absolute atomic E-state index is 11.7. The van der Waals surface area contributed by atoms with Gasteiger partial charge < -0.3 is 4.74 Å². The third-order valence-corrected chi connectivity index (χ3v) is 1.91. The first-order valence-electron chi connectivity index (χ1n) is 5.25. The van der Waals surface area contributed by atoms with Crippen molar-refractivity contribution in [1.29, 1.82) is 0 Å². The summed E-state index contributed by atoms with van der Waals surface area (Å²) in [5, 5.41) is 0. The summed E-state index contributed by atoms with van der Waals surface area (Å²) >= 11 is 0. The smallest absolute Gasteiger partial charge is 0.368 e. The van der Waals surface area contributed by atoms with Crippen molar-refractivity contribution in [3.05, 3.63) is 23.3 Å². The minimum absolute atomic E-state index is 0.0279. The van der Waals surface area contributed by atoms with Crippen molar-refractivity contribution >= 4 is 0 Å². The molecule has 16 heavy (non-hydrogen) atoms. The van der Waals surface area contributed by atoms with Crippen LogP contribution in [0, 0.1) is 0 Å². The van der Waals surface area contributed by atoms with Crippen molar-refractivity contribution in [1.82, 2.24) is 0 Å². The van der Waals surface area contributed by atoms with Crippen molar-refractivity contribution in [2.75, 3.05) is 13.2 Å². The van der Waals surface area contributed by atoms with Gasteiger partial charge in [0.05, 0.1) is 6.61 Å². The maximum atomic E-state index is 11.7. The number of alkyl halides is 3. The number of hydrogen-bond acceptors (Lipinski definition) is 1. The summed E-state index contributed by atoms with van der Waals surface area (Å²) in [6.45, 7) is 4.79. The van der Waals surface area contributed by atoms with Crippen molar-refractivity contribution in [2.45, 2.75) is 39.8 Å². The Morgan fingerprint density at radius 2 is 1.75 bits per heavy atom. The minimum atomic E-state index is -4.23. The molecule has 0 aromatic carbocycles. The van der Waals surface area contributed by atoms with Crippen LogP contribution >= 0.6 is 0 Å². The van der Waals surface area contributed by atoms with E-state index in [1.54, 1.807) is 6.08 Å². The molecule has 0 unspecified atom stereocenters. The molecule has 0 aliphatic carbocycles. The molecule has 0 saturated heterocycles. The molecule has 0 amide bonds. The second kappa shape index (κ2) is 7.49. The molecule has 0 aliphatic heterocycles. The van der Waals surface area contributed by atoms with Gasteiger partial charge in [-0.15, -0.1) is 0 Å². The molecule has 0 N–H and O–H groups in total. The van der Waals surface area contributed by atoms with E-state index in [1.807, 2.05) is 20.8 Å². The molecule has 0 aromatic rings. The van der Waals surface area contributed by atoms with Gasteiger partial charge in [0.25, 0.3) is 0 Å². The van der Waals surface area contributed by atoms with Crippen LogP contribution in [-0.2, 0) is 4.74 Å². The Morgan fingerprint density at radius 3 is 2.25 bits per heavy atom. The minimum Gasteiger partial charge on any atom is -0.368 e. The van der Waals surface area contributed by atoms with Crippen LogP contribution in [0.25, 0.3) is 0 Å². The van der Waals surface area contributed by atoms with Gasteiger partial charge in [0, 0.05) is 0 Å². The monoisotopic (exact) mass is 236 g/mol. The molecule has 0 radical (unpaired) electrons. The largest absolute Gasteiger partial charge is 0.411 e. The first kappa shape index (κ1) is 15.2. The lowest BCUT2D eigenvalue weighted by atomic mass is 10.1. The Bertz CT molecular complexity index is 247. The summed E-state index contributed by atoms with van der Waals surface area (Å²) in [6, 6.07) is 0. The molecule has 0 aromatic heterocycles. The highest BCUT2D eigenvalue weighted by Crippen LogP contribution is 2.14. The first-order chi connectivity index (χ1) is 7.31. The van der Waals surface area contributed by atoms with E-state index in [4.69, 9.17) is 0 Å². The number of allylic oxidation sites excluding steroid dienone is 3. The average Bonchev–Trinajstić information content (AvgIpc) is 2.10. The zero-order valence-electron chi connectivity index (χ0n) is 10.0. The molecular formula is C12H19F3O. The van der Waals surface area contributed by atoms with Gasteiger partial charge in [-0.2, -0.15) is 13.2 Å². The molecule has 0 bridgehead atoms. The van der Waals surface area contributed by atoms with Gasteiger partial charge in [0.15, 0.2) is 0 Å². The molecule has 0 spiro atoms. The highest BCUT2D eigenvalue weighted by molar-refractivity contribution is 5.02. The lowest BCUT2D eigenvalue weighted by molar-refractivity contribution is -0.171. The van der Waals surface area contributed by atoms with Gasteiger partial charge in [-0.25, -0.2) is 0 Å². The van der Waals surface area contributed by atoms with Crippen LogP contribution in [0.1, 0.15) is 33.6 Å². The molecule has 94 valence electrons. The van der Waals surface area contributed by atoms with E-state index < -0.39 is 12.8 Å². The molecular weight excluding hydrogens is 217 g/mol. The fourth-order valence-electron chi connectivity index (χ4n) is 1.07. The molecule has 0 atom stereocenters. The summed E-state index contributed by atoms with van der Waals surface area (Å²) in [4.78, 5) is 0. The molecule has 0 aliphatic rings. The Morgan fingerprint density at radius 1 is 1.12 bits per heavy atom. The Hall–Kier alpha value is -0.770. The topological polar surface area (TPSA) is 9.23 Å². The zero-order chi connectivity index (χ0) is 12.6. The summed E-state index contributed by atoms with van der Waals surface area (Å²) < 4.78 is 39.6. The van der Waals surface area contributed by atoms with E-state index in [9.17, 15) is 13.2 Å². The highest BCUT2D eigenvalue weighted by Gasteiger charge is 2.26. The van der Waals surface area contributed by atoms with Gasteiger partial charge in [-0.05, 0) is 33.6 Å². The summed E-state index contributed by atoms with van der Waals surface area (Å²) in [6.07, 6.45) is 1.35. The number of halogens is 3. The SMILES string of the molecule is CC(C)=CCC/C(C)=C/COCC(F)(F)F. The van der Waals surface area contributed by atoms with E-state index in [0.717, 1.165) is 18.4 Å². The van der Waals surface area contributed by atoms with E-state index in [2.05, 4.69) is 10.8 Å². The van der Waals surface area contributed by atoms with Gasteiger partial charge in [-0.1, -0.05) is 23.3 Å². The molecule has 1 nitrogen and oxygen atoms in total. The van der Waals surface area contributed by atoms with Gasteiger partial charge in [0.2, 0.25) is 0 Å². The maximum Gasteiger partial charge on any atom is 0.411 e. The quantitative estimate of drug-likeness (QED) is 0.494. The summed E-state index contributed by atoms with van der Waals surface area (Å²) in [5.74, 6) is 0. The molecule has 4 heteroatoms. The van der Waals surface area contributed by atoms with Crippen LogP contribution in [0.5, 0.6) is 0 Å². The molecule has 0 rings (SSSR count). The summed E-state index contributed by atoms with van der Waals surface area (Å²) in [5.41, 5.74) is 2.31. The number of rotatable bonds is 6. The lowest BCUT2D eigenvalue weighted by Gasteiger charge is -2.05. The van der Waals surface area contributed by atoms with Crippen LogP contribution in [0.4, 0.5) is 13.2 Å². The fraction of sp³-hybridized carbons (Fsp3) is 0.667. The number of hydrogen-bond donors (Lipinski definition) is 0. The van der Waals surface area contributed by atoms with E-state index in [-0.39, 0.29) is 6.61 Å². The Labute approximate surface area is 95.0 Å². The number of ether oxygens (including phenoxy) is 1. The Balaban J connectivity index is 3.67. The van der Waals surface area contributed by atoms with Crippen molar-refractivity contribution in [3.8, 4) is 0 Å². The lowest BCUT2D eigenvalue weighted by Crippen LogP contribution is -2.16. The molecule has 0 saturated carbocycles. The first-order valence-corrected chi connectivity index (χ1v) is 5.25. The van der Waals surface area contributed by atoms with Crippen molar-refractivity contribution < 1.29 is 17.9 Å². The zero-order valence-corrected chi connectivity index (χ0v) is 10.0. The predicted molar refractivity (Wildman–Crippen MR) is 59.3 cm³/mol. The van der Waals surface area contributed by atoms with E-state index >= 15 is 0 Å². The highest BCUT2D eigenvalue weighted by atomic mass is 19.4. The second-order valence-corrected chi connectivity index (χ2v) is 4.00. The van der Waals surface area contributed by atoms with Crippen LogP contribution in [0.15, 0.2) is 23.3 Å². The van der Waals surface area contributed by atoms with Crippen molar-refractivity contribution in [3.63, 3.8) is 0 Å². The third-order valence-electron chi connectivity index (χ3n) is 1.91. The molecule has 0 heterocycles. The van der Waals surface area contributed by atoms with Crippen LogP contribution in [0.3, 0.4) is 0 Å². The fourth-order valence-corrected chi connectivity index (χ4v) is 1.07. The van der Waals surface area contributed by atoms with Gasteiger partial charge in [-0.3, -0.25) is 0 Å².